The zero-order valence-electron chi connectivity index (χ0n) is 9.24. The molecule has 16 heavy (non-hydrogen) atoms. The number of benzene rings is 1. The van der Waals surface area contributed by atoms with Crippen LogP contribution in [0.5, 0.6) is 0 Å². The molecule has 0 spiro atoms. The van der Waals surface area contributed by atoms with Crippen LogP contribution in [0.4, 0.5) is 4.39 Å². The predicted octanol–water partition coefficient (Wildman–Crippen LogP) is 2.32. The molecule has 0 aromatic heterocycles. The lowest BCUT2D eigenvalue weighted by atomic mass is 10.1. The van der Waals surface area contributed by atoms with E-state index in [1.165, 1.54) is 12.1 Å². The van der Waals surface area contributed by atoms with Gasteiger partial charge >= 0.3 is 0 Å². The molecule has 0 atom stereocenters. The van der Waals surface area contributed by atoms with E-state index in [9.17, 15) is 9.18 Å². The van der Waals surface area contributed by atoms with Gasteiger partial charge in [-0.1, -0.05) is 12.1 Å². The highest BCUT2D eigenvalue weighted by molar-refractivity contribution is 7.99. The highest BCUT2D eigenvalue weighted by Crippen LogP contribution is 2.07. The van der Waals surface area contributed by atoms with Crippen molar-refractivity contribution in [3.8, 4) is 0 Å². The molecule has 0 aliphatic heterocycles. The minimum Gasteiger partial charge on any atom is -0.384 e. The molecule has 4 heteroatoms. The summed E-state index contributed by atoms with van der Waals surface area (Å²) in [5.74, 6) is 1.20. The third kappa shape index (κ3) is 5.28. The Balaban J connectivity index is 2.26. The molecule has 0 heterocycles. The van der Waals surface area contributed by atoms with E-state index in [4.69, 9.17) is 4.74 Å². The first-order chi connectivity index (χ1) is 7.72. The Morgan fingerprint density at radius 1 is 1.38 bits per heavy atom. The van der Waals surface area contributed by atoms with Crippen LogP contribution in [0, 0.1) is 5.82 Å². The van der Waals surface area contributed by atoms with Gasteiger partial charge in [-0.2, -0.15) is 11.8 Å². The van der Waals surface area contributed by atoms with Crippen molar-refractivity contribution >= 4 is 17.5 Å². The monoisotopic (exact) mass is 242 g/mol. The summed E-state index contributed by atoms with van der Waals surface area (Å²) in [4.78, 5) is 11.5. The van der Waals surface area contributed by atoms with E-state index in [0.717, 1.165) is 11.3 Å². The van der Waals surface area contributed by atoms with Gasteiger partial charge in [0.25, 0.3) is 0 Å². The minimum absolute atomic E-state index is 0.160. The number of ketones is 1. The number of methoxy groups -OCH3 is 1. The average Bonchev–Trinajstić information content (AvgIpc) is 2.28. The number of carbonyl (C=O) groups is 1. The molecule has 0 N–H and O–H groups in total. The predicted molar refractivity (Wildman–Crippen MR) is 64.3 cm³/mol. The number of ether oxygens (including phenoxy) is 1. The fourth-order valence-corrected chi connectivity index (χ4v) is 1.97. The third-order valence-electron chi connectivity index (χ3n) is 2.01. The lowest BCUT2D eigenvalue weighted by Crippen LogP contribution is -2.07. The first-order valence-electron chi connectivity index (χ1n) is 5.05. The van der Waals surface area contributed by atoms with Crippen LogP contribution in [0.15, 0.2) is 24.3 Å². The third-order valence-corrected chi connectivity index (χ3v) is 2.99. The van der Waals surface area contributed by atoms with Crippen LogP contribution in [0.25, 0.3) is 0 Å². The van der Waals surface area contributed by atoms with Gasteiger partial charge in [-0.25, -0.2) is 4.39 Å². The first-order valence-corrected chi connectivity index (χ1v) is 6.20. The zero-order valence-corrected chi connectivity index (χ0v) is 10.1. The average molecular weight is 242 g/mol. The summed E-state index contributed by atoms with van der Waals surface area (Å²) in [5.41, 5.74) is 0.860. The van der Waals surface area contributed by atoms with Crippen molar-refractivity contribution in [2.24, 2.45) is 0 Å². The van der Waals surface area contributed by atoms with Crippen molar-refractivity contribution in [1.29, 1.82) is 0 Å². The number of hydrogen-bond donors (Lipinski definition) is 0. The molecule has 2 nitrogen and oxygen atoms in total. The normalized spacial score (nSPS) is 10.4. The second-order valence-corrected chi connectivity index (χ2v) is 4.49. The van der Waals surface area contributed by atoms with E-state index < -0.39 is 0 Å². The van der Waals surface area contributed by atoms with Crippen LogP contribution in [-0.2, 0) is 16.0 Å². The number of thioether (sulfide) groups is 1. The number of halogens is 1. The standard InChI is InChI=1S/C12H15FO2S/c1-15-6-7-16-9-12(14)8-10-2-4-11(13)5-3-10/h2-5H,6-9H2,1H3. The van der Waals surface area contributed by atoms with E-state index in [2.05, 4.69) is 0 Å². The van der Waals surface area contributed by atoms with E-state index in [1.807, 2.05) is 0 Å². The SMILES string of the molecule is COCCSCC(=O)Cc1ccc(F)cc1. The van der Waals surface area contributed by atoms with Crippen LogP contribution < -0.4 is 0 Å². The lowest BCUT2D eigenvalue weighted by molar-refractivity contribution is -0.116. The maximum atomic E-state index is 12.6. The summed E-state index contributed by atoms with van der Waals surface area (Å²) in [7, 11) is 1.64. The van der Waals surface area contributed by atoms with Gasteiger partial charge in [0.15, 0.2) is 0 Å². The Hall–Kier alpha value is -0.870. The lowest BCUT2D eigenvalue weighted by Gasteiger charge is -2.01. The first kappa shape index (κ1) is 13.2. The van der Waals surface area contributed by atoms with Crippen molar-refractivity contribution in [1.82, 2.24) is 0 Å². The van der Waals surface area contributed by atoms with Crippen LogP contribution in [0.3, 0.4) is 0 Å². The molecular formula is C12H15FO2S. The molecule has 0 unspecified atom stereocenters. The maximum absolute atomic E-state index is 12.6. The second-order valence-electron chi connectivity index (χ2n) is 3.39. The van der Waals surface area contributed by atoms with Gasteiger partial charge in [-0.3, -0.25) is 4.79 Å². The van der Waals surface area contributed by atoms with Gasteiger partial charge in [-0.15, -0.1) is 0 Å². The summed E-state index contributed by atoms with van der Waals surface area (Å²) in [5, 5.41) is 0. The molecule has 1 rings (SSSR count). The Kier molecular flexibility index (Phi) is 6.11. The largest absolute Gasteiger partial charge is 0.384 e. The minimum atomic E-state index is -0.273. The molecule has 0 radical (unpaired) electrons. The molecule has 0 aliphatic carbocycles. The van der Waals surface area contributed by atoms with Gasteiger partial charge in [0.2, 0.25) is 0 Å². The van der Waals surface area contributed by atoms with Crippen molar-refractivity contribution in [3.05, 3.63) is 35.6 Å². The van der Waals surface area contributed by atoms with Crippen LogP contribution in [0.1, 0.15) is 5.56 Å². The highest BCUT2D eigenvalue weighted by atomic mass is 32.2. The molecule has 0 bridgehead atoms. The molecule has 1 aromatic rings. The maximum Gasteiger partial charge on any atom is 0.147 e. The molecule has 88 valence electrons. The number of rotatable bonds is 7. The van der Waals surface area contributed by atoms with Crippen molar-refractivity contribution < 1.29 is 13.9 Å². The molecule has 0 amide bonds. The van der Waals surface area contributed by atoms with Gasteiger partial charge < -0.3 is 4.74 Å². The number of Topliss-reactive ketones (excluding diaryl/α,β-unsaturated/α-hetero) is 1. The van der Waals surface area contributed by atoms with E-state index in [0.29, 0.717) is 18.8 Å². The van der Waals surface area contributed by atoms with Crippen molar-refractivity contribution in [2.45, 2.75) is 6.42 Å². The summed E-state index contributed by atoms with van der Waals surface area (Å²) >= 11 is 1.56. The zero-order chi connectivity index (χ0) is 11.8. The van der Waals surface area contributed by atoms with Crippen molar-refractivity contribution in [2.75, 3.05) is 25.2 Å². The van der Waals surface area contributed by atoms with Crippen molar-refractivity contribution in [3.63, 3.8) is 0 Å². The van der Waals surface area contributed by atoms with E-state index >= 15 is 0 Å². The fourth-order valence-electron chi connectivity index (χ4n) is 1.21. The van der Waals surface area contributed by atoms with Gasteiger partial charge in [-0.05, 0) is 17.7 Å². The number of carbonyl (C=O) groups excluding carboxylic acids is 1. The van der Waals surface area contributed by atoms with Gasteiger partial charge in [0, 0.05) is 19.3 Å². The molecule has 1 aromatic carbocycles. The van der Waals surface area contributed by atoms with Gasteiger partial charge in [0.05, 0.1) is 12.4 Å². The number of hydrogen-bond acceptors (Lipinski definition) is 3. The molecule has 0 saturated carbocycles. The summed E-state index contributed by atoms with van der Waals surface area (Å²) < 4.78 is 17.5. The van der Waals surface area contributed by atoms with Gasteiger partial charge in [0.1, 0.15) is 11.6 Å². The quantitative estimate of drug-likeness (QED) is 0.686. The Bertz CT molecular complexity index is 324. The summed E-state index contributed by atoms with van der Waals surface area (Å²) in [6, 6.07) is 6.04. The van der Waals surface area contributed by atoms with E-state index in [-0.39, 0.29) is 11.6 Å². The highest BCUT2D eigenvalue weighted by Gasteiger charge is 2.03. The topological polar surface area (TPSA) is 26.3 Å². The van der Waals surface area contributed by atoms with Crippen LogP contribution in [-0.4, -0.2) is 31.0 Å². The second kappa shape index (κ2) is 7.41. The molecular weight excluding hydrogens is 227 g/mol. The van der Waals surface area contributed by atoms with E-state index in [1.54, 1.807) is 31.0 Å². The molecule has 0 aliphatic rings. The molecule has 0 fully saturated rings. The Morgan fingerprint density at radius 3 is 2.69 bits per heavy atom. The summed E-state index contributed by atoms with van der Waals surface area (Å²) in [6.45, 7) is 0.661. The Labute approximate surface area is 99.2 Å². The smallest absolute Gasteiger partial charge is 0.147 e. The van der Waals surface area contributed by atoms with Crippen LogP contribution >= 0.6 is 11.8 Å². The Morgan fingerprint density at radius 2 is 2.06 bits per heavy atom. The fraction of sp³-hybridized carbons (Fsp3) is 0.417. The molecule has 0 saturated heterocycles. The van der Waals surface area contributed by atoms with Crippen LogP contribution in [0.2, 0.25) is 0 Å². The summed E-state index contributed by atoms with van der Waals surface area (Å²) in [6.07, 6.45) is 0.375.